The van der Waals surface area contributed by atoms with E-state index < -0.39 is 5.97 Å². The number of pyridine rings is 1. The summed E-state index contributed by atoms with van der Waals surface area (Å²) in [5.41, 5.74) is 6.35. The summed E-state index contributed by atoms with van der Waals surface area (Å²) in [5, 5.41) is 9.49. The molecule has 0 aliphatic carbocycles. The Balaban J connectivity index is 2.35. The van der Waals surface area contributed by atoms with Gasteiger partial charge in [-0.05, 0) is 12.5 Å². The standard InChI is InChI=1S/C11H15N3O3/c1-17-11(16)9-4-7(12)5-13-10(9)14-3-2-8(15)6-14/h4-5,8,15H,2-3,6,12H2,1H3. The monoisotopic (exact) mass is 237 g/mol. The molecule has 3 N–H and O–H groups in total. The molecule has 1 unspecified atom stereocenters. The number of aromatic nitrogens is 1. The average molecular weight is 237 g/mol. The minimum absolute atomic E-state index is 0.335. The van der Waals surface area contributed by atoms with E-state index in [1.165, 1.54) is 13.3 Å². The number of carbonyl (C=O) groups excluding carboxylic acids is 1. The van der Waals surface area contributed by atoms with Crippen LogP contribution >= 0.6 is 0 Å². The van der Waals surface area contributed by atoms with Crippen LogP contribution in [0.4, 0.5) is 11.5 Å². The first-order valence-electron chi connectivity index (χ1n) is 5.38. The van der Waals surface area contributed by atoms with Gasteiger partial charge in [-0.15, -0.1) is 0 Å². The summed E-state index contributed by atoms with van der Waals surface area (Å²) in [4.78, 5) is 17.6. The number of ether oxygens (including phenoxy) is 1. The summed E-state index contributed by atoms with van der Waals surface area (Å²) >= 11 is 0. The van der Waals surface area contributed by atoms with Crippen LogP contribution in [-0.4, -0.2) is 42.4 Å². The third kappa shape index (κ3) is 2.31. The summed E-state index contributed by atoms with van der Waals surface area (Å²) in [6.45, 7) is 1.14. The highest BCUT2D eigenvalue weighted by Crippen LogP contribution is 2.24. The smallest absolute Gasteiger partial charge is 0.341 e. The van der Waals surface area contributed by atoms with Crippen molar-refractivity contribution in [3.63, 3.8) is 0 Å². The van der Waals surface area contributed by atoms with Crippen LogP contribution < -0.4 is 10.6 Å². The van der Waals surface area contributed by atoms with E-state index in [9.17, 15) is 9.90 Å². The van der Waals surface area contributed by atoms with Gasteiger partial charge in [0.1, 0.15) is 11.4 Å². The Morgan fingerprint density at radius 1 is 1.71 bits per heavy atom. The van der Waals surface area contributed by atoms with Crippen molar-refractivity contribution >= 4 is 17.5 Å². The molecule has 6 heteroatoms. The van der Waals surface area contributed by atoms with Crippen LogP contribution in [0.5, 0.6) is 0 Å². The molecule has 0 aromatic carbocycles. The van der Waals surface area contributed by atoms with Crippen LogP contribution in [0.2, 0.25) is 0 Å². The van der Waals surface area contributed by atoms with Crippen molar-refractivity contribution in [2.24, 2.45) is 0 Å². The minimum atomic E-state index is -0.471. The molecule has 1 fully saturated rings. The van der Waals surface area contributed by atoms with Gasteiger partial charge in [0.15, 0.2) is 0 Å². The Bertz CT molecular complexity index is 436. The first-order chi connectivity index (χ1) is 8.11. The molecule has 92 valence electrons. The zero-order valence-electron chi connectivity index (χ0n) is 9.59. The van der Waals surface area contributed by atoms with E-state index in [2.05, 4.69) is 4.98 Å². The maximum Gasteiger partial charge on any atom is 0.341 e. The van der Waals surface area contributed by atoms with Gasteiger partial charge >= 0.3 is 5.97 Å². The lowest BCUT2D eigenvalue weighted by Crippen LogP contribution is -2.25. The van der Waals surface area contributed by atoms with Gasteiger partial charge in [-0.3, -0.25) is 0 Å². The Morgan fingerprint density at radius 2 is 2.47 bits per heavy atom. The summed E-state index contributed by atoms with van der Waals surface area (Å²) in [6, 6.07) is 1.54. The van der Waals surface area contributed by atoms with Gasteiger partial charge in [-0.2, -0.15) is 0 Å². The molecular formula is C11H15N3O3. The largest absolute Gasteiger partial charge is 0.465 e. The molecule has 0 spiro atoms. The number of rotatable bonds is 2. The number of methoxy groups -OCH3 is 1. The molecule has 0 radical (unpaired) electrons. The van der Waals surface area contributed by atoms with Gasteiger partial charge in [-0.25, -0.2) is 9.78 Å². The number of esters is 1. The number of aliphatic hydroxyl groups excluding tert-OH is 1. The number of nitrogens with zero attached hydrogens (tertiary/aromatic N) is 2. The van der Waals surface area contributed by atoms with Gasteiger partial charge in [-0.1, -0.05) is 0 Å². The fraction of sp³-hybridized carbons (Fsp3) is 0.455. The molecule has 0 bridgehead atoms. The number of carbonyl (C=O) groups is 1. The Labute approximate surface area is 99.0 Å². The lowest BCUT2D eigenvalue weighted by atomic mass is 10.2. The Kier molecular flexibility index (Phi) is 3.14. The highest BCUT2D eigenvalue weighted by molar-refractivity contribution is 5.95. The molecule has 2 heterocycles. The zero-order valence-corrected chi connectivity index (χ0v) is 9.59. The highest BCUT2D eigenvalue weighted by atomic mass is 16.5. The van der Waals surface area contributed by atoms with Gasteiger partial charge in [0.05, 0.1) is 25.1 Å². The fourth-order valence-electron chi connectivity index (χ4n) is 1.92. The molecule has 1 aliphatic rings. The quantitative estimate of drug-likeness (QED) is 0.705. The van der Waals surface area contributed by atoms with Crippen molar-refractivity contribution in [1.29, 1.82) is 0 Å². The van der Waals surface area contributed by atoms with Crippen LogP contribution in [0.15, 0.2) is 12.3 Å². The lowest BCUT2D eigenvalue weighted by molar-refractivity contribution is 0.0601. The first kappa shape index (κ1) is 11.7. The van der Waals surface area contributed by atoms with Crippen LogP contribution in [0.1, 0.15) is 16.8 Å². The van der Waals surface area contributed by atoms with Crippen molar-refractivity contribution in [2.45, 2.75) is 12.5 Å². The van der Waals surface area contributed by atoms with E-state index in [-0.39, 0.29) is 6.10 Å². The van der Waals surface area contributed by atoms with Crippen LogP contribution in [0, 0.1) is 0 Å². The number of hydrogen-bond acceptors (Lipinski definition) is 6. The number of aliphatic hydroxyl groups is 1. The van der Waals surface area contributed by atoms with Gasteiger partial charge < -0.3 is 20.5 Å². The molecule has 2 rings (SSSR count). The number of nitrogen functional groups attached to an aromatic ring is 1. The van der Waals surface area contributed by atoms with Crippen molar-refractivity contribution in [3.05, 3.63) is 17.8 Å². The number of β-amino-alcohol motifs (C(OH)–C–C–N with tert-alkyl or cyclic N) is 1. The second kappa shape index (κ2) is 4.58. The van der Waals surface area contributed by atoms with Crippen molar-refractivity contribution in [3.8, 4) is 0 Å². The van der Waals surface area contributed by atoms with E-state index in [0.29, 0.717) is 36.6 Å². The number of nitrogens with two attached hydrogens (primary N) is 1. The summed E-state index contributed by atoms with van der Waals surface area (Å²) in [5.74, 6) is 0.0452. The van der Waals surface area contributed by atoms with Crippen molar-refractivity contribution in [1.82, 2.24) is 4.98 Å². The van der Waals surface area contributed by atoms with Crippen LogP contribution in [-0.2, 0) is 4.74 Å². The molecule has 0 saturated carbocycles. The fourth-order valence-corrected chi connectivity index (χ4v) is 1.92. The second-order valence-electron chi connectivity index (χ2n) is 4.02. The normalized spacial score (nSPS) is 19.4. The van der Waals surface area contributed by atoms with E-state index >= 15 is 0 Å². The zero-order chi connectivity index (χ0) is 12.4. The Hall–Kier alpha value is -1.82. The summed E-state index contributed by atoms with van der Waals surface area (Å²) < 4.78 is 4.69. The summed E-state index contributed by atoms with van der Waals surface area (Å²) in [6.07, 6.45) is 1.79. The molecule has 17 heavy (non-hydrogen) atoms. The molecule has 1 aromatic heterocycles. The second-order valence-corrected chi connectivity index (χ2v) is 4.02. The van der Waals surface area contributed by atoms with Crippen molar-refractivity contribution < 1.29 is 14.6 Å². The first-order valence-corrected chi connectivity index (χ1v) is 5.38. The van der Waals surface area contributed by atoms with Crippen molar-refractivity contribution in [2.75, 3.05) is 30.8 Å². The predicted octanol–water partition coefficient (Wildman–Crippen LogP) is 0.0214. The minimum Gasteiger partial charge on any atom is -0.465 e. The molecule has 1 saturated heterocycles. The number of anilines is 2. The molecular weight excluding hydrogens is 222 g/mol. The number of hydrogen-bond donors (Lipinski definition) is 2. The van der Waals surface area contributed by atoms with E-state index in [1.807, 2.05) is 4.90 Å². The maximum absolute atomic E-state index is 11.6. The van der Waals surface area contributed by atoms with E-state index in [0.717, 1.165) is 0 Å². The van der Waals surface area contributed by atoms with Crippen LogP contribution in [0.3, 0.4) is 0 Å². The lowest BCUT2D eigenvalue weighted by Gasteiger charge is -2.19. The van der Waals surface area contributed by atoms with Crippen LogP contribution in [0.25, 0.3) is 0 Å². The van der Waals surface area contributed by atoms with E-state index in [4.69, 9.17) is 10.5 Å². The van der Waals surface area contributed by atoms with Gasteiger partial charge in [0.25, 0.3) is 0 Å². The molecule has 1 aliphatic heterocycles. The predicted molar refractivity (Wildman–Crippen MR) is 62.8 cm³/mol. The Morgan fingerprint density at radius 3 is 3.06 bits per heavy atom. The molecule has 6 nitrogen and oxygen atoms in total. The third-order valence-corrected chi connectivity index (χ3v) is 2.76. The van der Waals surface area contributed by atoms with Gasteiger partial charge in [0, 0.05) is 13.1 Å². The molecule has 1 aromatic rings. The highest BCUT2D eigenvalue weighted by Gasteiger charge is 2.25. The topological polar surface area (TPSA) is 88.7 Å². The average Bonchev–Trinajstić information content (AvgIpc) is 2.74. The third-order valence-electron chi connectivity index (χ3n) is 2.76. The van der Waals surface area contributed by atoms with Gasteiger partial charge in [0.2, 0.25) is 0 Å². The SMILES string of the molecule is COC(=O)c1cc(N)cnc1N1CCC(O)C1. The molecule has 0 amide bonds. The van der Waals surface area contributed by atoms with E-state index in [1.54, 1.807) is 6.07 Å². The summed E-state index contributed by atoms with van der Waals surface area (Å²) in [7, 11) is 1.31. The maximum atomic E-state index is 11.6. The molecule has 1 atom stereocenters.